The molecule has 2 heterocycles. The molecule has 94 valence electrons. The first kappa shape index (κ1) is 12.1. The molecule has 0 amide bonds. The Morgan fingerprint density at radius 3 is 2.79 bits per heavy atom. The van der Waals surface area contributed by atoms with Gasteiger partial charge in [0.25, 0.3) is 5.56 Å². The molecule has 3 rings (SSSR count). The molecule has 0 unspecified atom stereocenters. The van der Waals surface area contributed by atoms with Crippen molar-refractivity contribution in [2.24, 2.45) is 0 Å². The molecular formula is C14H9ClN2OS. The monoisotopic (exact) mass is 288 g/mol. The van der Waals surface area contributed by atoms with Crippen LogP contribution >= 0.6 is 22.9 Å². The van der Waals surface area contributed by atoms with Crippen molar-refractivity contribution < 1.29 is 0 Å². The summed E-state index contributed by atoms with van der Waals surface area (Å²) in [4.78, 5) is 16.9. The summed E-state index contributed by atoms with van der Waals surface area (Å²) in [7, 11) is 0. The normalized spacial score (nSPS) is 11.4. The van der Waals surface area contributed by atoms with E-state index < -0.39 is 0 Å². The zero-order chi connectivity index (χ0) is 13.2. The Kier molecular flexibility index (Phi) is 3.19. The lowest BCUT2D eigenvalue weighted by molar-refractivity contribution is 1.07. The number of nitrogens with zero attached hydrogens (tertiary/aromatic N) is 2. The number of fused-ring (bicyclic) bond motifs is 1. The van der Waals surface area contributed by atoms with Crippen LogP contribution in [0.5, 0.6) is 0 Å². The molecule has 3 nitrogen and oxygen atoms in total. The zero-order valence-corrected chi connectivity index (χ0v) is 11.4. The summed E-state index contributed by atoms with van der Waals surface area (Å²) in [5.74, 6) is 0. The van der Waals surface area contributed by atoms with Crippen LogP contribution in [0, 0.1) is 0 Å². The maximum Gasteiger partial charge on any atom is 0.259 e. The van der Waals surface area contributed by atoms with Gasteiger partial charge in [0.15, 0.2) is 4.96 Å². The molecule has 0 saturated carbocycles. The van der Waals surface area contributed by atoms with Gasteiger partial charge in [-0.15, -0.1) is 11.3 Å². The third-order valence-electron chi connectivity index (χ3n) is 2.64. The van der Waals surface area contributed by atoms with Crippen LogP contribution in [-0.4, -0.2) is 9.38 Å². The highest BCUT2D eigenvalue weighted by Crippen LogP contribution is 2.12. The third-order valence-corrected chi connectivity index (χ3v) is 3.65. The Morgan fingerprint density at radius 2 is 2.00 bits per heavy atom. The Morgan fingerprint density at radius 1 is 1.21 bits per heavy atom. The molecule has 3 aromatic rings. The Hall–Kier alpha value is -1.91. The van der Waals surface area contributed by atoms with E-state index >= 15 is 0 Å². The molecule has 19 heavy (non-hydrogen) atoms. The number of hydrogen-bond donors (Lipinski definition) is 0. The second-order valence-corrected chi connectivity index (χ2v) is 5.27. The Bertz CT molecular complexity index is 802. The molecule has 0 aliphatic heterocycles. The standard InChI is InChI=1S/C14H9ClN2OS/c15-11-4-1-10(2-5-11)3-6-12-9-13(18)17-7-8-19-14(17)16-12/h1-9H/b6-3+. The molecule has 2 aromatic heterocycles. The topological polar surface area (TPSA) is 34.4 Å². The minimum absolute atomic E-state index is 0.0676. The first-order chi connectivity index (χ1) is 9.22. The summed E-state index contributed by atoms with van der Waals surface area (Å²) >= 11 is 7.26. The van der Waals surface area contributed by atoms with Crippen LogP contribution in [0.2, 0.25) is 5.02 Å². The number of aromatic nitrogens is 2. The zero-order valence-electron chi connectivity index (χ0n) is 9.79. The van der Waals surface area contributed by atoms with Crippen LogP contribution in [0.25, 0.3) is 17.1 Å². The fourth-order valence-electron chi connectivity index (χ4n) is 1.70. The van der Waals surface area contributed by atoms with Crippen molar-refractivity contribution in [1.29, 1.82) is 0 Å². The number of rotatable bonds is 2. The van der Waals surface area contributed by atoms with E-state index in [4.69, 9.17) is 11.6 Å². The van der Waals surface area contributed by atoms with Gasteiger partial charge in [0.1, 0.15) is 0 Å². The number of halogens is 1. The highest BCUT2D eigenvalue weighted by molar-refractivity contribution is 7.15. The lowest BCUT2D eigenvalue weighted by Crippen LogP contribution is -2.11. The van der Waals surface area contributed by atoms with Gasteiger partial charge in [-0.3, -0.25) is 9.20 Å². The van der Waals surface area contributed by atoms with Gasteiger partial charge >= 0.3 is 0 Å². The van der Waals surface area contributed by atoms with Crippen molar-refractivity contribution in [3.8, 4) is 0 Å². The number of thiazole rings is 1. The van der Waals surface area contributed by atoms with E-state index in [0.717, 1.165) is 5.56 Å². The van der Waals surface area contributed by atoms with Gasteiger partial charge in [-0.25, -0.2) is 4.98 Å². The Labute approximate surface area is 118 Å². The molecule has 0 aliphatic carbocycles. The molecule has 0 atom stereocenters. The Balaban J connectivity index is 1.96. The largest absolute Gasteiger partial charge is 0.269 e. The summed E-state index contributed by atoms with van der Waals surface area (Å²) < 4.78 is 1.53. The van der Waals surface area contributed by atoms with Crippen LogP contribution in [0.3, 0.4) is 0 Å². The third kappa shape index (κ3) is 2.59. The van der Waals surface area contributed by atoms with Gasteiger partial charge in [-0.1, -0.05) is 29.8 Å². The fourth-order valence-corrected chi connectivity index (χ4v) is 2.55. The second kappa shape index (κ2) is 4.99. The number of hydrogen-bond acceptors (Lipinski definition) is 3. The van der Waals surface area contributed by atoms with Crippen LogP contribution < -0.4 is 5.56 Å². The summed E-state index contributed by atoms with van der Waals surface area (Å²) in [5, 5.41) is 2.55. The minimum Gasteiger partial charge on any atom is -0.269 e. The van der Waals surface area contributed by atoms with Crippen molar-refractivity contribution in [2.45, 2.75) is 0 Å². The van der Waals surface area contributed by atoms with Gasteiger partial charge < -0.3 is 0 Å². The lowest BCUT2D eigenvalue weighted by atomic mass is 10.2. The fraction of sp³-hybridized carbons (Fsp3) is 0. The van der Waals surface area contributed by atoms with Gasteiger partial charge in [0, 0.05) is 22.7 Å². The van der Waals surface area contributed by atoms with Crippen LogP contribution in [0.1, 0.15) is 11.3 Å². The molecule has 5 heteroatoms. The SMILES string of the molecule is O=c1cc(/C=C/c2ccc(Cl)cc2)nc2sccn12. The predicted molar refractivity (Wildman–Crippen MR) is 79.7 cm³/mol. The summed E-state index contributed by atoms with van der Waals surface area (Å²) in [6.07, 6.45) is 5.45. The van der Waals surface area contributed by atoms with Crippen LogP contribution in [0.15, 0.2) is 46.7 Å². The van der Waals surface area contributed by atoms with E-state index in [1.165, 1.54) is 21.8 Å². The summed E-state index contributed by atoms with van der Waals surface area (Å²) in [6, 6.07) is 8.99. The van der Waals surface area contributed by atoms with E-state index in [9.17, 15) is 4.79 Å². The smallest absolute Gasteiger partial charge is 0.259 e. The lowest BCUT2D eigenvalue weighted by Gasteiger charge is -1.96. The first-order valence-electron chi connectivity index (χ1n) is 5.63. The molecule has 0 spiro atoms. The van der Waals surface area contributed by atoms with Crippen LogP contribution in [0.4, 0.5) is 0 Å². The molecule has 0 fully saturated rings. The van der Waals surface area contributed by atoms with E-state index in [-0.39, 0.29) is 5.56 Å². The van der Waals surface area contributed by atoms with Crippen molar-refractivity contribution in [2.75, 3.05) is 0 Å². The molecular weight excluding hydrogens is 280 g/mol. The van der Waals surface area contributed by atoms with E-state index in [0.29, 0.717) is 15.7 Å². The average Bonchev–Trinajstić information content (AvgIpc) is 2.87. The van der Waals surface area contributed by atoms with Gasteiger partial charge in [-0.05, 0) is 23.8 Å². The van der Waals surface area contributed by atoms with Gasteiger partial charge in [0.05, 0.1) is 5.69 Å². The average molecular weight is 289 g/mol. The van der Waals surface area contributed by atoms with Gasteiger partial charge in [0.2, 0.25) is 0 Å². The molecule has 0 radical (unpaired) electrons. The maximum atomic E-state index is 11.8. The highest BCUT2D eigenvalue weighted by Gasteiger charge is 2.00. The van der Waals surface area contributed by atoms with E-state index in [2.05, 4.69) is 4.98 Å². The molecule has 0 aliphatic rings. The maximum absolute atomic E-state index is 11.8. The minimum atomic E-state index is -0.0676. The van der Waals surface area contributed by atoms with Crippen LogP contribution in [-0.2, 0) is 0 Å². The highest BCUT2D eigenvalue weighted by atomic mass is 35.5. The van der Waals surface area contributed by atoms with Crippen molar-refractivity contribution in [1.82, 2.24) is 9.38 Å². The summed E-state index contributed by atoms with van der Waals surface area (Å²) in [5.41, 5.74) is 1.60. The molecule has 1 aromatic carbocycles. The van der Waals surface area contributed by atoms with Crippen molar-refractivity contribution >= 4 is 40.1 Å². The molecule has 0 N–H and O–H groups in total. The van der Waals surface area contributed by atoms with E-state index in [1.54, 1.807) is 6.20 Å². The quantitative estimate of drug-likeness (QED) is 0.722. The van der Waals surface area contributed by atoms with Gasteiger partial charge in [-0.2, -0.15) is 0 Å². The number of benzene rings is 1. The summed E-state index contributed by atoms with van der Waals surface area (Å²) in [6.45, 7) is 0. The molecule has 0 saturated heterocycles. The molecule has 0 bridgehead atoms. The van der Waals surface area contributed by atoms with E-state index in [1.807, 2.05) is 41.8 Å². The first-order valence-corrected chi connectivity index (χ1v) is 6.89. The second-order valence-electron chi connectivity index (χ2n) is 3.96. The van der Waals surface area contributed by atoms with Crippen molar-refractivity contribution in [3.05, 3.63) is 68.5 Å². The predicted octanol–water partition coefficient (Wildman–Crippen LogP) is 3.58. The van der Waals surface area contributed by atoms with Crippen molar-refractivity contribution in [3.63, 3.8) is 0 Å².